The van der Waals surface area contributed by atoms with Crippen molar-refractivity contribution in [2.45, 2.75) is 189 Å². The fourth-order valence-electron chi connectivity index (χ4n) is 10.4. The van der Waals surface area contributed by atoms with Gasteiger partial charge in [-0.05, 0) is 31.1 Å². The molecule has 3 fully saturated rings. The molecule has 18 atom stereocenters. The van der Waals surface area contributed by atoms with Crippen molar-refractivity contribution in [2.75, 3.05) is 185 Å². The van der Waals surface area contributed by atoms with E-state index in [9.17, 15) is 89.2 Å². The van der Waals surface area contributed by atoms with Crippen LogP contribution >= 0.6 is 6.49 Å². The molecule has 8 amide bonds. The Labute approximate surface area is 644 Å². The summed E-state index contributed by atoms with van der Waals surface area (Å²) in [4.78, 5) is 114. The minimum Gasteiger partial charge on any atom is -0.394 e. The lowest BCUT2D eigenvalue weighted by Gasteiger charge is -2.42. The first-order chi connectivity index (χ1) is 52.5. The van der Waals surface area contributed by atoms with Crippen LogP contribution in [0.4, 0.5) is 0 Å². The molecule has 0 aliphatic carbocycles. The predicted molar refractivity (Wildman–Crippen MR) is 384 cm³/mol. The second-order valence-electron chi connectivity index (χ2n) is 26.3. The second kappa shape index (κ2) is 56.6. The Bertz CT molecular complexity index is 2670. The minimum absolute atomic E-state index is 0.0340. The molecule has 0 bridgehead atoms. The second-order valence-corrected chi connectivity index (χ2v) is 30.4. The molecule has 640 valence electrons. The van der Waals surface area contributed by atoms with Gasteiger partial charge in [0.2, 0.25) is 47.3 Å². The molecule has 0 spiro atoms. The van der Waals surface area contributed by atoms with E-state index in [-0.39, 0.29) is 138 Å². The van der Waals surface area contributed by atoms with E-state index in [0.29, 0.717) is 59.3 Å². The lowest BCUT2D eigenvalue weighted by Crippen LogP contribution is -2.64. The van der Waals surface area contributed by atoms with E-state index in [0.717, 1.165) is 0 Å². The summed E-state index contributed by atoms with van der Waals surface area (Å²) in [5.41, 5.74) is 0. The number of hydrogen-bond acceptors (Lipinski definition) is 34. The minimum atomic E-state index is -2.88. The topological polar surface area (TPSA) is 583 Å². The zero-order valence-corrected chi connectivity index (χ0v) is 65.2. The van der Waals surface area contributed by atoms with Gasteiger partial charge >= 0.3 is 0 Å². The summed E-state index contributed by atoms with van der Waals surface area (Å²) in [5.74, 6) is -5.11. The van der Waals surface area contributed by atoms with Crippen LogP contribution in [-0.4, -0.2) is 392 Å². The number of hydrogen-bond donors (Lipinski definition) is 18. The maximum absolute atomic E-state index is 13.8. The number of rotatable bonds is 60. The number of carbonyl (C=O) groups is 8. The van der Waals surface area contributed by atoms with Crippen LogP contribution in [0, 0.1) is 0 Å². The van der Waals surface area contributed by atoms with E-state index < -0.39 is 189 Å². The molecule has 18 unspecified atom stereocenters. The van der Waals surface area contributed by atoms with Gasteiger partial charge in [-0.3, -0.25) is 38.4 Å². The zero-order valence-electron chi connectivity index (χ0n) is 63.5. The van der Waals surface area contributed by atoms with Gasteiger partial charge in [0.15, 0.2) is 25.4 Å². The highest BCUT2D eigenvalue weighted by atomic mass is 32.5. The van der Waals surface area contributed by atoms with E-state index in [1.165, 1.54) is 20.8 Å². The third-order valence-corrected chi connectivity index (χ3v) is 20.6. The van der Waals surface area contributed by atoms with Crippen LogP contribution in [0.5, 0.6) is 0 Å². The first-order valence-electron chi connectivity index (χ1n) is 36.6. The van der Waals surface area contributed by atoms with Gasteiger partial charge in [0.25, 0.3) is 0 Å². The normalized spacial score (nSPS) is 25.3. The number of aliphatic hydroxyl groups excluding tert-OH is 9. The molecule has 0 saturated carbocycles. The van der Waals surface area contributed by atoms with Gasteiger partial charge in [0.05, 0.1) is 159 Å². The SMILES string of the molecule is CC(=O)NC1C(OCCOCCNC(=O)CCC(NC(=O)CCC(NC(=O)CCOCCOCCOCCOCCOCCOCCCOP(O)(=S)C(C)(C)C)C(=O)NCCOCCOC2OC(CO)C(O)C(O)C2NC(C)=O)C(=O)NCCOCCOC2OC(CO)C(O)C(O)C2NC(C)=O)OC(CO)C(O)C1O. The Morgan fingerprint density at radius 2 is 0.682 bits per heavy atom. The number of nitrogens with one attached hydrogen (secondary N) is 8. The van der Waals surface area contributed by atoms with E-state index in [2.05, 4.69) is 42.5 Å². The summed E-state index contributed by atoms with van der Waals surface area (Å²) < 4.78 is 89.0. The van der Waals surface area contributed by atoms with Crippen LogP contribution < -0.4 is 42.5 Å². The average molecular weight is 1630 g/mol. The molecule has 0 radical (unpaired) electrons. The number of carbonyl (C=O) groups excluding carboxylic acids is 8. The summed E-state index contributed by atoms with van der Waals surface area (Å²) in [7, 11) is 0. The number of amides is 8. The molecule has 3 rings (SSSR count). The highest BCUT2D eigenvalue weighted by Crippen LogP contribution is 2.55. The molecule has 0 aromatic carbocycles. The molecule has 18 N–H and O–H groups in total. The lowest BCUT2D eigenvalue weighted by molar-refractivity contribution is -0.272. The van der Waals surface area contributed by atoms with Gasteiger partial charge in [-0.15, -0.1) is 0 Å². The standard InChI is InChI=1S/C66H121N8O34PS/c1-41(78)70-52-58(87)55(84)46(38-75)106-63(52)102-35-32-95-19-13-67-49(81)10-8-44(61(90)68-14-20-96-33-36-103-64-53(71-42(2)79)59(88)56(85)47(39-76)107-64)73-50(82)11-9-45(62(91)69-15-21-97-34-37-104-65-54(72-43(3)80)60(89)57(86)48(40-77)108-65)74-51(83)12-18-94-23-25-99-27-29-101-31-30-100-28-26-98-24-22-93-16-7-17-105-109(92,110)66(4,5)6/h44-48,52-60,63-65,75-77,84-89H,7-40H2,1-6H3,(H,67,81)(H,68,90)(H,69,91)(H,70,78)(H,71,79)(H,72,80)(H,73,82)(H,74,83)(H,92,110). The monoisotopic (exact) mass is 1630 g/mol. The third kappa shape index (κ3) is 40.1. The molecule has 3 aliphatic rings. The van der Waals surface area contributed by atoms with Crippen molar-refractivity contribution in [2.24, 2.45) is 0 Å². The Morgan fingerprint density at radius 3 is 1.01 bits per heavy atom. The fourth-order valence-corrected chi connectivity index (χ4v) is 11.4. The van der Waals surface area contributed by atoms with Crippen LogP contribution in [-0.2, 0) is 126 Å². The molecule has 3 saturated heterocycles. The number of aliphatic hydroxyl groups is 9. The van der Waals surface area contributed by atoms with Gasteiger partial charge in [-0.25, -0.2) is 0 Å². The van der Waals surface area contributed by atoms with Crippen molar-refractivity contribution < 1.29 is 165 Å². The van der Waals surface area contributed by atoms with Crippen molar-refractivity contribution >= 4 is 65.6 Å². The maximum Gasteiger partial charge on any atom is 0.242 e. The molecule has 110 heavy (non-hydrogen) atoms. The van der Waals surface area contributed by atoms with Gasteiger partial charge in [-0.1, -0.05) is 20.8 Å². The van der Waals surface area contributed by atoms with E-state index in [1.807, 2.05) is 20.8 Å². The summed E-state index contributed by atoms with van der Waals surface area (Å²) in [6.07, 6.45) is -17.7. The summed E-state index contributed by atoms with van der Waals surface area (Å²) in [5, 5.41) is 111. The molecule has 0 aromatic rings. The Kier molecular flexibility index (Phi) is 51.2. The van der Waals surface area contributed by atoms with Gasteiger partial charge in [-0.2, -0.15) is 0 Å². The summed E-state index contributed by atoms with van der Waals surface area (Å²) >= 11 is 5.21. The number of ether oxygens (including phenoxy) is 15. The van der Waals surface area contributed by atoms with Gasteiger partial charge < -0.3 is 169 Å². The largest absolute Gasteiger partial charge is 0.394 e. The van der Waals surface area contributed by atoms with Crippen LogP contribution in [0.2, 0.25) is 0 Å². The van der Waals surface area contributed by atoms with Gasteiger partial charge in [0.1, 0.15) is 85.1 Å². The quantitative estimate of drug-likeness (QED) is 0.0199. The zero-order chi connectivity index (χ0) is 81.4. The smallest absolute Gasteiger partial charge is 0.242 e. The molecule has 3 aliphatic heterocycles. The Hall–Kier alpha value is -4.63. The summed E-state index contributed by atoms with van der Waals surface area (Å²) in [6.45, 7) is 6.43. The van der Waals surface area contributed by atoms with Crippen molar-refractivity contribution in [1.29, 1.82) is 0 Å². The Morgan fingerprint density at radius 1 is 0.391 bits per heavy atom. The van der Waals surface area contributed by atoms with E-state index in [4.69, 9.17) is 87.4 Å². The third-order valence-electron chi connectivity index (χ3n) is 16.4. The van der Waals surface area contributed by atoms with Crippen molar-refractivity contribution in [1.82, 2.24) is 42.5 Å². The lowest BCUT2D eigenvalue weighted by atomic mass is 9.97. The van der Waals surface area contributed by atoms with Crippen LogP contribution in [0.15, 0.2) is 0 Å². The maximum atomic E-state index is 13.8. The molecule has 42 nitrogen and oxygen atoms in total. The van der Waals surface area contributed by atoms with E-state index >= 15 is 0 Å². The summed E-state index contributed by atoms with van der Waals surface area (Å²) in [6, 6.07) is -6.29. The van der Waals surface area contributed by atoms with Gasteiger partial charge in [0, 0.05) is 71.4 Å². The highest BCUT2D eigenvalue weighted by Gasteiger charge is 2.48. The molecule has 0 aromatic heterocycles. The van der Waals surface area contributed by atoms with Crippen LogP contribution in [0.1, 0.15) is 80.1 Å². The first kappa shape index (κ1) is 99.6. The molecular formula is C66H121N8O34PS. The van der Waals surface area contributed by atoms with Crippen molar-refractivity contribution in [3.8, 4) is 0 Å². The van der Waals surface area contributed by atoms with E-state index in [1.54, 1.807) is 0 Å². The van der Waals surface area contributed by atoms with Crippen LogP contribution in [0.3, 0.4) is 0 Å². The molecule has 44 heteroatoms. The first-order valence-corrected chi connectivity index (χ1v) is 39.2. The average Bonchev–Trinajstić information content (AvgIpc) is 0.826. The van der Waals surface area contributed by atoms with Crippen molar-refractivity contribution in [3.63, 3.8) is 0 Å². The van der Waals surface area contributed by atoms with Crippen molar-refractivity contribution in [3.05, 3.63) is 0 Å². The molecular weight excluding hydrogens is 1510 g/mol. The highest BCUT2D eigenvalue weighted by molar-refractivity contribution is 8.10. The Balaban J connectivity index is 1.56. The predicted octanol–water partition coefficient (Wildman–Crippen LogP) is -8.21. The fraction of sp³-hybridized carbons (Fsp3) is 0.879. The van der Waals surface area contributed by atoms with Crippen LogP contribution in [0.25, 0.3) is 0 Å². The molecule has 3 heterocycles.